The molecule has 0 aliphatic rings. The van der Waals surface area contributed by atoms with E-state index in [1.165, 1.54) is 0 Å². The Morgan fingerprint density at radius 2 is 2.06 bits per heavy atom. The van der Waals surface area contributed by atoms with Crippen molar-refractivity contribution in [2.24, 2.45) is 5.73 Å². The van der Waals surface area contributed by atoms with E-state index in [1.54, 1.807) is 6.20 Å². The van der Waals surface area contributed by atoms with Crippen molar-refractivity contribution in [1.29, 1.82) is 0 Å². The van der Waals surface area contributed by atoms with Crippen molar-refractivity contribution in [2.75, 3.05) is 0 Å². The van der Waals surface area contributed by atoms with Gasteiger partial charge in [-0.3, -0.25) is 4.98 Å². The minimum atomic E-state index is -0.256. The number of halogens is 2. The van der Waals surface area contributed by atoms with Crippen LogP contribution in [0.15, 0.2) is 41.0 Å². The first-order valence-electron chi connectivity index (χ1n) is 5.21. The third kappa shape index (κ3) is 2.86. The zero-order valence-electron chi connectivity index (χ0n) is 9.32. The van der Waals surface area contributed by atoms with E-state index in [0.717, 1.165) is 21.3 Å². The lowest BCUT2D eigenvalue weighted by molar-refractivity contribution is 0.860. The van der Waals surface area contributed by atoms with Gasteiger partial charge in [-0.2, -0.15) is 0 Å². The molecule has 1 atom stereocenters. The number of rotatable bonds is 2. The first-order chi connectivity index (χ1) is 8.08. The van der Waals surface area contributed by atoms with Gasteiger partial charge in [-0.25, -0.2) is 0 Å². The highest BCUT2D eigenvalue weighted by Gasteiger charge is 2.13. The lowest BCUT2D eigenvalue weighted by Crippen LogP contribution is -2.12. The molecule has 2 rings (SSSR count). The molecule has 0 aliphatic heterocycles. The average molecular weight is 312 g/mol. The van der Waals surface area contributed by atoms with Gasteiger partial charge in [-0.05, 0) is 42.3 Å². The molecule has 2 nitrogen and oxygen atoms in total. The van der Waals surface area contributed by atoms with E-state index in [4.69, 9.17) is 17.3 Å². The van der Waals surface area contributed by atoms with E-state index in [9.17, 15) is 0 Å². The number of hydrogen-bond donors (Lipinski definition) is 1. The molecule has 17 heavy (non-hydrogen) atoms. The summed E-state index contributed by atoms with van der Waals surface area (Å²) in [6.45, 7) is 1.95. The highest BCUT2D eigenvalue weighted by molar-refractivity contribution is 9.10. The lowest BCUT2D eigenvalue weighted by atomic mass is 10.0. The molecule has 1 aromatic carbocycles. The topological polar surface area (TPSA) is 38.9 Å². The number of hydrogen-bond acceptors (Lipinski definition) is 2. The van der Waals surface area contributed by atoms with Gasteiger partial charge in [0.1, 0.15) is 0 Å². The SMILES string of the molecule is Cc1ccc(C(N)c2cc(Br)ccc2Cl)cn1. The van der Waals surface area contributed by atoms with Crippen LogP contribution in [0, 0.1) is 6.92 Å². The Bertz CT molecular complexity index is 525. The van der Waals surface area contributed by atoms with Gasteiger partial charge < -0.3 is 5.73 Å². The van der Waals surface area contributed by atoms with Crippen LogP contribution >= 0.6 is 27.5 Å². The van der Waals surface area contributed by atoms with Crippen LogP contribution < -0.4 is 5.73 Å². The summed E-state index contributed by atoms with van der Waals surface area (Å²) in [5, 5.41) is 0.668. The van der Waals surface area contributed by atoms with Crippen LogP contribution in [-0.2, 0) is 0 Å². The molecule has 0 aliphatic carbocycles. The van der Waals surface area contributed by atoms with Gasteiger partial charge in [0.05, 0.1) is 6.04 Å². The molecule has 1 unspecified atom stereocenters. The summed E-state index contributed by atoms with van der Waals surface area (Å²) in [6, 6.07) is 9.33. The van der Waals surface area contributed by atoms with Gasteiger partial charge >= 0.3 is 0 Å². The number of nitrogens with zero attached hydrogens (tertiary/aromatic N) is 1. The Balaban J connectivity index is 2.39. The maximum atomic E-state index is 6.19. The van der Waals surface area contributed by atoms with E-state index in [1.807, 2.05) is 37.3 Å². The van der Waals surface area contributed by atoms with Crippen molar-refractivity contribution in [3.63, 3.8) is 0 Å². The third-order valence-corrected chi connectivity index (χ3v) is 3.42. The molecular formula is C13H12BrClN2. The van der Waals surface area contributed by atoms with Crippen LogP contribution in [0.2, 0.25) is 5.02 Å². The van der Waals surface area contributed by atoms with Gasteiger partial charge in [-0.15, -0.1) is 0 Å². The van der Waals surface area contributed by atoms with E-state index in [0.29, 0.717) is 5.02 Å². The first kappa shape index (κ1) is 12.6. The fourth-order valence-electron chi connectivity index (χ4n) is 1.60. The summed E-state index contributed by atoms with van der Waals surface area (Å²) in [6.07, 6.45) is 1.79. The zero-order valence-corrected chi connectivity index (χ0v) is 11.7. The molecule has 0 saturated carbocycles. The molecule has 0 fully saturated rings. The van der Waals surface area contributed by atoms with Gasteiger partial charge in [0.15, 0.2) is 0 Å². The molecule has 2 aromatic rings. The van der Waals surface area contributed by atoms with Gasteiger partial charge in [0.25, 0.3) is 0 Å². The summed E-state index contributed by atoms with van der Waals surface area (Å²) in [7, 11) is 0. The maximum absolute atomic E-state index is 6.19. The molecule has 0 bridgehead atoms. The van der Waals surface area contributed by atoms with Crippen LogP contribution in [0.5, 0.6) is 0 Å². The lowest BCUT2D eigenvalue weighted by Gasteiger charge is -2.14. The largest absolute Gasteiger partial charge is 0.320 e. The van der Waals surface area contributed by atoms with Crippen molar-refractivity contribution in [3.05, 3.63) is 62.8 Å². The minimum absolute atomic E-state index is 0.256. The molecule has 4 heteroatoms. The molecule has 0 spiro atoms. The predicted octanol–water partition coefficient (Wildman–Crippen LogP) is 3.85. The Labute approximate surface area is 114 Å². The van der Waals surface area contributed by atoms with E-state index in [2.05, 4.69) is 20.9 Å². The molecule has 88 valence electrons. The van der Waals surface area contributed by atoms with Gasteiger partial charge in [0, 0.05) is 21.4 Å². The van der Waals surface area contributed by atoms with Crippen molar-refractivity contribution < 1.29 is 0 Å². The number of benzene rings is 1. The van der Waals surface area contributed by atoms with Crippen LogP contribution in [-0.4, -0.2) is 4.98 Å². The van der Waals surface area contributed by atoms with Crippen LogP contribution in [0.1, 0.15) is 22.9 Å². The van der Waals surface area contributed by atoms with Crippen molar-refractivity contribution in [2.45, 2.75) is 13.0 Å². The predicted molar refractivity (Wildman–Crippen MR) is 74.2 cm³/mol. The molecular weight excluding hydrogens is 300 g/mol. The normalized spacial score (nSPS) is 12.5. The highest BCUT2D eigenvalue weighted by atomic mass is 79.9. The molecule has 2 N–H and O–H groups in total. The smallest absolute Gasteiger partial charge is 0.0582 e. The number of pyridine rings is 1. The van der Waals surface area contributed by atoms with E-state index in [-0.39, 0.29) is 6.04 Å². The summed E-state index contributed by atoms with van der Waals surface area (Å²) in [5.41, 5.74) is 9.01. The average Bonchev–Trinajstić information content (AvgIpc) is 2.32. The van der Waals surface area contributed by atoms with Gasteiger partial charge in [0.2, 0.25) is 0 Å². The second-order valence-corrected chi connectivity index (χ2v) is 5.20. The second kappa shape index (κ2) is 5.17. The maximum Gasteiger partial charge on any atom is 0.0582 e. The standard InChI is InChI=1S/C13H12BrClN2/c1-8-2-3-9(7-17-8)13(16)11-6-10(14)4-5-12(11)15/h2-7,13H,16H2,1H3. The number of nitrogens with two attached hydrogens (primary N) is 1. The van der Waals surface area contributed by atoms with Crippen LogP contribution in [0.4, 0.5) is 0 Å². The fraction of sp³-hybridized carbons (Fsp3) is 0.154. The van der Waals surface area contributed by atoms with Crippen LogP contribution in [0.3, 0.4) is 0 Å². The summed E-state index contributed by atoms with van der Waals surface area (Å²) in [4.78, 5) is 4.24. The second-order valence-electron chi connectivity index (χ2n) is 3.88. The third-order valence-electron chi connectivity index (χ3n) is 2.59. The van der Waals surface area contributed by atoms with Crippen LogP contribution in [0.25, 0.3) is 0 Å². The summed E-state index contributed by atoms with van der Waals surface area (Å²) in [5.74, 6) is 0. The Kier molecular flexibility index (Phi) is 3.82. The van der Waals surface area contributed by atoms with Crippen molar-refractivity contribution in [3.8, 4) is 0 Å². The van der Waals surface area contributed by atoms with Crippen molar-refractivity contribution in [1.82, 2.24) is 4.98 Å². The first-order valence-corrected chi connectivity index (χ1v) is 6.38. The Hall–Kier alpha value is -0.900. The monoisotopic (exact) mass is 310 g/mol. The highest BCUT2D eigenvalue weighted by Crippen LogP contribution is 2.28. The Morgan fingerprint density at radius 1 is 1.29 bits per heavy atom. The fourth-order valence-corrected chi connectivity index (χ4v) is 2.21. The molecule has 0 radical (unpaired) electrons. The molecule has 1 heterocycles. The summed E-state index contributed by atoms with van der Waals surface area (Å²) < 4.78 is 0.965. The number of aryl methyl sites for hydroxylation is 1. The van der Waals surface area contributed by atoms with E-state index >= 15 is 0 Å². The van der Waals surface area contributed by atoms with E-state index < -0.39 is 0 Å². The zero-order chi connectivity index (χ0) is 12.4. The molecule has 0 amide bonds. The molecule has 0 saturated heterocycles. The van der Waals surface area contributed by atoms with Gasteiger partial charge in [-0.1, -0.05) is 33.6 Å². The quantitative estimate of drug-likeness (QED) is 0.915. The molecule has 1 aromatic heterocycles. The summed E-state index contributed by atoms with van der Waals surface area (Å²) >= 11 is 9.57. The Morgan fingerprint density at radius 3 is 2.71 bits per heavy atom. The minimum Gasteiger partial charge on any atom is -0.320 e. The number of aromatic nitrogens is 1. The van der Waals surface area contributed by atoms with Crippen molar-refractivity contribution >= 4 is 27.5 Å².